The monoisotopic (exact) mass is 186 g/mol. The van der Waals surface area contributed by atoms with Gasteiger partial charge in [0.1, 0.15) is 17.3 Å². The minimum atomic E-state index is -0.248. The number of hydrogen-bond donors (Lipinski definition) is 0. The minimum absolute atomic E-state index is 0.248. The van der Waals surface area contributed by atoms with Gasteiger partial charge >= 0.3 is 0 Å². The molecule has 0 bridgehead atoms. The van der Waals surface area contributed by atoms with Crippen molar-refractivity contribution in [3.05, 3.63) is 48.3 Å². The number of rotatable bonds is 2. The van der Waals surface area contributed by atoms with Crippen molar-refractivity contribution in [2.45, 2.75) is 0 Å². The van der Waals surface area contributed by atoms with Crippen LogP contribution < -0.4 is 4.74 Å². The van der Waals surface area contributed by atoms with E-state index in [1.54, 1.807) is 12.1 Å². The maximum absolute atomic E-state index is 12.6. The molecule has 0 saturated carbocycles. The Morgan fingerprint density at radius 2 is 1.71 bits per heavy atom. The number of hydrogen-bond acceptors (Lipinski definition) is 1. The van der Waals surface area contributed by atoms with Crippen molar-refractivity contribution >= 4 is 0 Å². The third kappa shape index (κ3) is 1.16. The van der Waals surface area contributed by atoms with Crippen molar-refractivity contribution < 1.29 is 9.13 Å². The van der Waals surface area contributed by atoms with Gasteiger partial charge in [-0.3, -0.25) is 0 Å². The SMILES string of the molecule is Fc1ccc(Oc2ccc3cc2-3)cc1. The smallest absolute Gasteiger partial charge is 0.135 e. The molecule has 2 aliphatic carbocycles. The van der Waals surface area contributed by atoms with Crippen molar-refractivity contribution in [2.75, 3.05) is 0 Å². The van der Waals surface area contributed by atoms with E-state index < -0.39 is 0 Å². The van der Waals surface area contributed by atoms with E-state index in [0.29, 0.717) is 5.75 Å². The summed E-state index contributed by atoms with van der Waals surface area (Å²) in [6, 6.07) is 12.0. The Kier molecular flexibility index (Phi) is 1.39. The Morgan fingerprint density at radius 1 is 0.929 bits per heavy atom. The Balaban J connectivity index is 1.85. The molecule has 0 fully saturated rings. The van der Waals surface area contributed by atoms with Crippen LogP contribution >= 0.6 is 0 Å². The topological polar surface area (TPSA) is 9.23 Å². The highest BCUT2D eigenvalue weighted by Crippen LogP contribution is 2.45. The second-order valence-corrected chi connectivity index (χ2v) is 3.27. The highest BCUT2D eigenvalue weighted by Gasteiger charge is 2.18. The second kappa shape index (κ2) is 2.58. The number of benzene rings is 2. The van der Waals surface area contributed by atoms with E-state index in [0.717, 1.165) is 11.3 Å². The van der Waals surface area contributed by atoms with Crippen LogP contribution in [0.2, 0.25) is 0 Å². The van der Waals surface area contributed by atoms with Crippen LogP contribution in [0.1, 0.15) is 0 Å². The molecule has 0 saturated heterocycles. The molecular weight excluding hydrogens is 179 g/mol. The van der Waals surface area contributed by atoms with E-state index in [1.807, 2.05) is 12.1 Å². The summed E-state index contributed by atoms with van der Waals surface area (Å²) in [5.41, 5.74) is 2.40. The van der Waals surface area contributed by atoms with Crippen molar-refractivity contribution in [3.8, 4) is 22.6 Å². The van der Waals surface area contributed by atoms with Gasteiger partial charge in [-0.1, -0.05) is 6.07 Å². The third-order valence-electron chi connectivity index (χ3n) is 2.25. The van der Waals surface area contributed by atoms with Gasteiger partial charge in [0, 0.05) is 5.56 Å². The summed E-state index contributed by atoms with van der Waals surface area (Å²) in [6.07, 6.45) is 0. The van der Waals surface area contributed by atoms with Crippen molar-refractivity contribution in [2.24, 2.45) is 0 Å². The van der Waals surface area contributed by atoms with Gasteiger partial charge in [0.15, 0.2) is 0 Å². The average molecular weight is 186 g/mol. The molecule has 68 valence electrons. The van der Waals surface area contributed by atoms with Gasteiger partial charge < -0.3 is 4.74 Å². The van der Waals surface area contributed by atoms with Crippen molar-refractivity contribution in [3.63, 3.8) is 0 Å². The minimum Gasteiger partial charge on any atom is -0.457 e. The van der Waals surface area contributed by atoms with Crippen molar-refractivity contribution in [1.82, 2.24) is 0 Å². The fourth-order valence-electron chi connectivity index (χ4n) is 1.44. The number of fused-ring (bicyclic) bond motifs is 1. The second-order valence-electron chi connectivity index (χ2n) is 3.27. The van der Waals surface area contributed by atoms with E-state index in [9.17, 15) is 4.39 Å². The molecule has 0 amide bonds. The molecule has 0 N–H and O–H groups in total. The van der Waals surface area contributed by atoms with Crippen LogP contribution in [0.25, 0.3) is 11.1 Å². The fraction of sp³-hybridized carbons (Fsp3) is 0. The van der Waals surface area contributed by atoms with E-state index in [2.05, 4.69) is 6.07 Å². The molecule has 0 aromatic heterocycles. The average Bonchev–Trinajstić information content (AvgIpc) is 2.88. The van der Waals surface area contributed by atoms with Crippen LogP contribution in [0.5, 0.6) is 11.5 Å². The van der Waals surface area contributed by atoms with E-state index in [4.69, 9.17) is 4.74 Å². The van der Waals surface area contributed by atoms with Gasteiger partial charge in [-0.05, 0) is 42.0 Å². The zero-order chi connectivity index (χ0) is 9.54. The van der Waals surface area contributed by atoms with E-state index in [-0.39, 0.29) is 5.82 Å². The first-order valence-electron chi connectivity index (χ1n) is 4.41. The lowest BCUT2D eigenvalue weighted by Crippen LogP contribution is -1.81. The molecule has 1 aromatic rings. The quantitative estimate of drug-likeness (QED) is 0.594. The summed E-state index contributed by atoms with van der Waals surface area (Å²) in [6.45, 7) is 0. The number of ether oxygens (including phenoxy) is 1. The highest BCUT2D eigenvalue weighted by atomic mass is 19.1. The molecule has 3 rings (SSSR count). The standard InChI is InChI=1S/C12H7FO/c13-9-2-4-10(5-3-9)14-12-6-1-8-7-11(8)12/h1-7H. The molecule has 1 nitrogen and oxygen atoms in total. The molecule has 0 radical (unpaired) electrons. The predicted octanol–water partition coefficient (Wildman–Crippen LogP) is 3.60. The first-order chi connectivity index (χ1) is 6.83. The van der Waals surface area contributed by atoms with Crippen molar-refractivity contribution in [1.29, 1.82) is 0 Å². The molecule has 0 unspecified atom stereocenters. The van der Waals surface area contributed by atoms with Gasteiger partial charge in [0.05, 0.1) is 0 Å². The fourth-order valence-corrected chi connectivity index (χ4v) is 1.44. The lowest BCUT2D eigenvalue weighted by Gasteiger charge is -2.02. The molecule has 0 atom stereocenters. The molecule has 0 aliphatic heterocycles. The molecule has 0 spiro atoms. The van der Waals surface area contributed by atoms with Gasteiger partial charge in [0.2, 0.25) is 0 Å². The van der Waals surface area contributed by atoms with Crippen LogP contribution in [-0.2, 0) is 0 Å². The van der Waals surface area contributed by atoms with Crippen LogP contribution in [-0.4, -0.2) is 0 Å². The van der Waals surface area contributed by atoms with Gasteiger partial charge in [0.25, 0.3) is 0 Å². The Morgan fingerprint density at radius 3 is 2.29 bits per heavy atom. The molecule has 14 heavy (non-hydrogen) atoms. The lowest BCUT2D eigenvalue weighted by molar-refractivity contribution is 0.485. The highest BCUT2D eigenvalue weighted by molar-refractivity contribution is 5.87. The molecular formula is C12H7FO. The summed E-state index contributed by atoms with van der Waals surface area (Å²) in [5.74, 6) is 1.27. The first kappa shape index (κ1) is 7.56. The molecule has 0 heterocycles. The molecule has 2 aliphatic rings. The molecule has 2 heteroatoms. The summed E-state index contributed by atoms with van der Waals surface area (Å²) < 4.78 is 18.2. The largest absolute Gasteiger partial charge is 0.457 e. The van der Waals surface area contributed by atoms with Crippen LogP contribution in [0, 0.1) is 5.82 Å². The number of halogens is 1. The first-order valence-corrected chi connectivity index (χ1v) is 4.41. The summed E-state index contributed by atoms with van der Waals surface area (Å²) in [7, 11) is 0. The summed E-state index contributed by atoms with van der Waals surface area (Å²) >= 11 is 0. The lowest BCUT2D eigenvalue weighted by atomic mass is 10.3. The van der Waals surface area contributed by atoms with Crippen LogP contribution in [0.3, 0.4) is 0 Å². The van der Waals surface area contributed by atoms with E-state index >= 15 is 0 Å². The zero-order valence-electron chi connectivity index (χ0n) is 7.33. The Hall–Kier alpha value is -1.83. The van der Waals surface area contributed by atoms with Crippen LogP contribution in [0.15, 0.2) is 42.5 Å². The summed E-state index contributed by atoms with van der Waals surface area (Å²) in [5, 5.41) is 0. The normalized spacial score (nSPS) is 11.2. The third-order valence-corrected chi connectivity index (χ3v) is 2.25. The predicted molar refractivity (Wildman–Crippen MR) is 51.9 cm³/mol. The Bertz CT molecular complexity index is 488. The molecule has 1 aromatic carbocycles. The maximum atomic E-state index is 12.6. The Labute approximate surface area is 80.8 Å². The van der Waals surface area contributed by atoms with Gasteiger partial charge in [-0.25, -0.2) is 4.39 Å². The maximum Gasteiger partial charge on any atom is 0.135 e. The summed E-state index contributed by atoms with van der Waals surface area (Å²) in [4.78, 5) is 0. The van der Waals surface area contributed by atoms with Crippen LogP contribution in [0.4, 0.5) is 4.39 Å². The van der Waals surface area contributed by atoms with Gasteiger partial charge in [-0.15, -0.1) is 0 Å². The van der Waals surface area contributed by atoms with Gasteiger partial charge in [-0.2, -0.15) is 0 Å². The van der Waals surface area contributed by atoms with E-state index in [1.165, 1.54) is 17.7 Å². The zero-order valence-corrected chi connectivity index (χ0v) is 7.33.